The average Bonchev–Trinajstić information content (AvgIpc) is 2.95. The van der Waals surface area contributed by atoms with Crippen LogP contribution in [0, 0.1) is 14.1 Å². The molecule has 24 heavy (non-hydrogen) atoms. The summed E-state index contributed by atoms with van der Waals surface area (Å²) in [5.41, 5.74) is 1.15. The predicted octanol–water partition coefficient (Wildman–Crippen LogP) is 3.08. The van der Waals surface area contributed by atoms with Crippen LogP contribution < -0.4 is 4.90 Å². The van der Waals surface area contributed by atoms with E-state index in [2.05, 4.69) is 14.9 Å². The number of benzene rings is 1. The van der Waals surface area contributed by atoms with E-state index in [1.807, 2.05) is 23.1 Å². The van der Waals surface area contributed by atoms with Gasteiger partial charge in [0.15, 0.2) is 8.29 Å². The first-order valence-corrected chi connectivity index (χ1v) is 9.85. The summed E-state index contributed by atoms with van der Waals surface area (Å²) in [6, 6.07) is 6.74. The van der Waals surface area contributed by atoms with E-state index in [9.17, 15) is 10.1 Å². The van der Waals surface area contributed by atoms with Crippen molar-refractivity contribution in [2.45, 2.75) is 11.0 Å². The second-order valence-electron chi connectivity index (χ2n) is 5.36. The summed E-state index contributed by atoms with van der Waals surface area (Å²) in [7, 11) is 0. The van der Waals surface area contributed by atoms with Crippen molar-refractivity contribution >= 4 is 46.7 Å². The van der Waals surface area contributed by atoms with Crippen molar-refractivity contribution in [1.82, 2.24) is 14.7 Å². The van der Waals surface area contributed by atoms with Gasteiger partial charge in [-0.3, -0.25) is 15.0 Å². The van der Waals surface area contributed by atoms with Gasteiger partial charge < -0.3 is 4.90 Å². The Labute approximate surface area is 153 Å². The lowest BCUT2D eigenvalue weighted by atomic mass is 10.2. The molecule has 1 aliphatic heterocycles. The molecule has 3 rings (SSSR count). The zero-order valence-electron chi connectivity index (χ0n) is 13.1. The molecule has 2 aromatic rings. The van der Waals surface area contributed by atoms with Crippen LogP contribution in [0.5, 0.6) is 0 Å². The summed E-state index contributed by atoms with van der Waals surface area (Å²) in [6.07, 6.45) is 2.00. The van der Waals surface area contributed by atoms with Gasteiger partial charge in [-0.1, -0.05) is 23.1 Å². The Bertz CT molecular complexity index is 765. The molecule has 0 unspecified atom stereocenters. The molecule has 2 heterocycles. The monoisotopic (exact) mass is 383 g/mol. The van der Waals surface area contributed by atoms with Crippen molar-refractivity contribution in [3.8, 4) is 0 Å². The maximum absolute atomic E-state index is 10.7. The molecule has 0 amide bonds. The van der Waals surface area contributed by atoms with E-state index in [4.69, 9.17) is 12.2 Å². The van der Waals surface area contributed by atoms with E-state index in [-0.39, 0.29) is 10.6 Å². The van der Waals surface area contributed by atoms with Crippen LogP contribution >= 0.6 is 35.3 Å². The van der Waals surface area contributed by atoms with Gasteiger partial charge in [-0.2, -0.15) is 5.10 Å². The standard InChI is InChI=1S/C14H17N5O2S3/c1-23-13-15-18(14(22)24-13)10-16-6-8-17(9-7-16)11-2-4-12(5-3-11)19(20)21/h2-5H,6-10H2,1H3. The molecular weight excluding hydrogens is 366 g/mol. The lowest BCUT2D eigenvalue weighted by Crippen LogP contribution is -2.46. The molecule has 1 aliphatic rings. The van der Waals surface area contributed by atoms with E-state index in [1.165, 1.54) is 0 Å². The van der Waals surface area contributed by atoms with Crippen LogP contribution in [-0.2, 0) is 6.67 Å². The molecule has 7 nitrogen and oxygen atoms in total. The minimum atomic E-state index is -0.373. The van der Waals surface area contributed by atoms with Crippen LogP contribution in [0.15, 0.2) is 28.6 Å². The second kappa shape index (κ2) is 7.60. The van der Waals surface area contributed by atoms with Crippen molar-refractivity contribution < 1.29 is 4.92 Å². The summed E-state index contributed by atoms with van der Waals surface area (Å²) in [6.45, 7) is 4.29. The minimum absolute atomic E-state index is 0.125. The highest BCUT2D eigenvalue weighted by atomic mass is 32.2. The lowest BCUT2D eigenvalue weighted by molar-refractivity contribution is -0.384. The fourth-order valence-corrected chi connectivity index (χ4v) is 4.32. The molecule has 1 saturated heterocycles. The molecule has 0 radical (unpaired) electrons. The van der Waals surface area contributed by atoms with E-state index < -0.39 is 0 Å². The third-order valence-electron chi connectivity index (χ3n) is 3.89. The summed E-state index contributed by atoms with van der Waals surface area (Å²) in [5, 5.41) is 15.2. The quantitative estimate of drug-likeness (QED) is 0.340. The smallest absolute Gasteiger partial charge is 0.269 e. The molecule has 1 fully saturated rings. The van der Waals surface area contributed by atoms with Gasteiger partial charge >= 0.3 is 0 Å². The van der Waals surface area contributed by atoms with Crippen LogP contribution in [0.3, 0.4) is 0 Å². The fraction of sp³-hybridized carbons (Fsp3) is 0.429. The topological polar surface area (TPSA) is 67.4 Å². The molecular formula is C14H17N5O2S3. The number of hydrogen-bond donors (Lipinski definition) is 0. The van der Waals surface area contributed by atoms with Gasteiger partial charge in [0, 0.05) is 44.0 Å². The van der Waals surface area contributed by atoms with Crippen LogP contribution in [0.4, 0.5) is 11.4 Å². The third-order valence-corrected chi connectivity index (χ3v) is 6.18. The molecule has 0 atom stereocenters. The molecule has 128 valence electrons. The van der Waals surface area contributed by atoms with Gasteiger partial charge in [-0.25, -0.2) is 4.68 Å². The Morgan fingerprint density at radius 2 is 1.96 bits per heavy atom. The molecule has 0 spiro atoms. The van der Waals surface area contributed by atoms with Crippen molar-refractivity contribution in [2.75, 3.05) is 37.3 Å². The summed E-state index contributed by atoms with van der Waals surface area (Å²) in [5.74, 6) is 0. The normalized spacial score (nSPS) is 15.6. The van der Waals surface area contributed by atoms with Gasteiger partial charge in [0.1, 0.15) is 0 Å². The molecule has 1 aromatic heterocycles. The number of nitro benzene ring substituents is 1. The maximum atomic E-state index is 10.7. The Kier molecular flexibility index (Phi) is 5.49. The molecule has 0 aliphatic carbocycles. The van der Waals surface area contributed by atoms with Gasteiger partial charge in [-0.05, 0) is 30.6 Å². The van der Waals surface area contributed by atoms with E-state index >= 15 is 0 Å². The number of aromatic nitrogens is 2. The third kappa shape index (κ3) is 3.94. The van der Waals surface area contributed by atoms with E-state index in [0.29, 0.717) is 6.67 Å². The molecule has 0 N–H and O–H groups in total. The van der Waals surface area contributed by atoms with Crippen molar-refractivity contribution in [3.05, 3.63) is 38.3 Å². The molecule has 1 aromatic carbocycles. The number of thioether (sulfide) groups is 1. The van der Waals surface area contributed by atoms with E-state index in [0.717, 1.165) is 40.2 Å². The Morgan fingerprint density at radius 1 is 1.29 bits per heavy atom. The molecule has 0 saturated carbocycles. The Balaban J connectivity index is 1.58. The number of piperazine rings is 1. The first-order valence-electron chi connectivity index (χ1n) is 7.40. The first-order chi connectivity index (χ1) is 11.6. The van der Waals surface area contributed by atoms with Gasteiger partial charge in [0.2, 0.25) is 0 Å². The van der Waals surface area contributed by atoms with Crippen molar-refractivity contribution in [2.24, 2.45) is 0 Å². The van der Waals surface area contributed by atoms with Crippen LogP contribution in [-0.4, -0.2) is 52.0 Å². The maximum Gasteiger partial charge on any atom is 0.269 e. The summed E-state index contributed by atoms with van der Waals surface area (Å²) in [4.78, 5) is 14.9. The highest BCUT2D eigenvalue weighted by molar-refractivity contribution is 8.00. The van der Waals surface area contributed by atoms with Crippen molar-refractivity contribution in [1.29, 1.82) is 0 Å². The molecule has 0 bridgehead atoms. The largest absolute Gasteiger partial charge is 0.369 e. The minimum Gasteiger partial charge on any atom is -0.369 e. The van der Waals surface area contributed by atoms with Crippen LogP contribution in [0.2, 0.25) is 0 Å². The van der Waals surface area contributed by atoms with Gasteiger partial charge in [0.05, 0.1) is 11.6 Å². The Hall–Kier alpha value is -1.49. The number of rotatable bonds is 5. The second-order valence-corrected chi connectivity index (χ2v) is 8.03. The predicted molar refractivity (Wildman–Crippen MR) is 99.6 cm³/mol. The van der Waals surface area contributed by atoms with Gasteiger partial charge in [-0.15, -0.1) is 0 Å². The van der Waals surface area contributed by atoms with Crippen LogP contribution in [0.1, 0.15) is 0 Å². The first kappa shape index (κ1) is 17.3. The summed E-state index contributed by atoms with van der Waals surface area (Å²) < 4.78 is 3.68. The molecule has 10 heteroatoms. The zero-order chi connectivity index (χ0) is 17.1. The van der Waals surface area contributed by atoms with Crippen LogP contribution in [0.25, 0.3) is 0 Å². The number of non-ortho nitro benzene ring substituents is 1. The van der Waals surface area contributed by atoms with E-state index in [1.54, 1.807) is 35.2 Å². The summed E-state index contributed by atoms with van der Waals surface area (Å²) >= 11 is 8.51. The van der Waals surface area contributed by atoms with Gasteiger partial charge in [0.25, 0.3) is 5.69 Å². The SMILES string of the molecule is CSc1nn(CN2CCN(c3ccc([N+](=O)[O-])cc3)CC2)c(=S)s1. The lowest BCUT2D eigenvalue weighted by Gasteiger charge is -2.35. The number of anilines is 1. The highest BCUT2D eigenvalue weighted by Gasteiger charge is 2.19. The number of hydrogen-bond acceptors (Lipinski definition) is 8. The zero-order valence-corrected chi connectivity index (χ0v) is 15.6. The highest BCUT2D eigenvalue weighted by Crippen LogP contribution is 2.22. The average molecular weight is 384 g/mol. The van der Waals surface area contributed by atoms with Crippen molar-refractivity contribution in [3.63, 3.8) is 0 Å². The fourth-order valence-electron chi connectivity index (χ4n) is 2.58. The number of nitrogens with zero attached hydrogens (tertiary/aromatic N) is 5. The Morgan fingerprint density at radius 3 is 2.50 bits per heavy atom. The number of nitro groups is 1.